The first-order valence-corrected chi connectivity index (χ1v) is 5.29. The van der Waals surface area contributed by atoms with E-state index in [0.717, 1.165) is 31.8 Å². The maximum Gasteiger partial charge on any atom is 0.0482 e. The van der Waals surface area contributed by atoms with Gasteiger partial charge in [-0.15, -0.1) is 0 Å². The Balaban J connectivity index is 3.26. The molecule has 80 valence electrons. The van der Waals surface area contributed by atoms with E-state index in [4.69, 9.17) is 5.11 Å². The molecule has 2 heteroatoms. The number of aliphatic hydroxyl groups excluding tert-OH is 1. The maximum absolute atomic E-state index is 9.02. The highest BCUT2D eigenvalue weighted by Crippen LogP contribution is 2.20. The van der Waals surface area contributed by atoms with Crippen LogP contribution in [-0.2, 0) is 0 Å². The van der Waals surface area contributed by atoms with Gasteiger partial charge in [0.05, 0.1) is 0 Å². The van der Waals surface area contributed by atoms with Gasteiger partial charge >= 0.3 is 0 Å². The van der Waals surface area contributed by atoms with Gasteiger partial charge in [-0.3, -0.25) is 0 Å². The summed E-state index contributed by atoms with van der Waals surface area (Å²) >= 11 is 0. The van der Waals surface area contributed by atoms with Crippen molar-refractivity contribution < 1.29 is 5.11 Å². The number of hydrogen-bond acceptors (Lipinski definition) is 2. The second kappa shape index (κ2) is 6.39. The SMILES string of the molecule is CC(C)CNCCCC(C)(C)CO. The minimum Gasteiger partial charge on any atom is -0.396 e. The van der Waals surface area contributed by atoms with Gasteiger partial charge in [0.2, 0.25) is 0 Å². The van der Waals surface area contributed by atoms with Gasteiger partial charge in [-0.05, 0) is 37.3 Å². The highest BCUT2D eigenvalue weighted by Gasteiger charge is 2.14. The molecule has 0 radical (unpaired) electrons. The lowest BCUT2D eigenvalue weighted by Crippen LogP contribution is -2.23. The smallest absolute Gasteiger partial charge is 0.0482 e. The topological polar surface area (TPSA) is 32.3 Å². The molecule has 13 heavy (non-hydrogen) atoms. The van der Waals surface area contributed by atoms with Crippen molar-refractivity contribution in [1.82, 2.24) is 5.32 Å². The first-order valence-electron chi connectivity index (χ1n) is 5.29. The van der Waals surface area contributed by atoms with Gasteiger partial charge in [-0.1, -0.05) is 27.7 Å². The van der Waals surface area contributed by atoms with Crippen LogP contribution in [0.1, 0.15) is 40.5 Å². The Hall–Kier alpha value is -0.0800. The summed E-state index contributed by atoms with van der Waals surface area (Å²) in [5.74, 6) is 0.728. The van der Waals surface area contributed by atoms with Gasteiger partial charge in [-0.25, -0.2) is 0 Å². The molecule has 0 aliphatic heterocycles. The molecule has 2 N–H and O–H groups in total. The molecule has 0 aliphatic rings. The zero-order valence-electron chi connectivity index (χ0n) is 9.56. The van der Waals surface area contributed by atoms with Crippen LogP contribution in [0.2, 0.25) is 0 Å². The van der Waals surface area contributed by atoms with Crippen LogP contribution in [0.15, 0.2) is 0 Å². The van der Waals surface area contributed by atoms with Gasteiger partial charge in [0.25, 0.3) is 0 Å². The summed E-state index contributed by atoms with van der Waals surface area (Å²) in [6, 6.07) is 0. The standard InChI is InChI=1S/C11H25NO/c1-10(2)8-12-7-5-6-11(3,4)9-13/h10,12-13H,5-9H2,1-4H3. The first kappa shape index (κ1) is 12.9. The molecule has 0 amide bonds. The fourth-order valence-corrected chi connectivity index (χ4v) is 1.16. The second-order valence-corrected chi connectivity index (χ2v) is 5.02. The van der Waals surface area contributed by atoms with E-state index in [2.05, 4.69) is 33.0 Å². The van der Waals surface area contributed by atoms with Crippen molar-refractivity contribution >= 4 is 0 Å². The van der Waals surface area contributed by atoms with Gasteiger partial charge in [0.15, 0.2) is 0 Å². The van der Waals surface area contributed by atoms with Gasteiger partial charge < -0.3 is 10.4 Å². The molecule has 0 aromatic rings. The maximum atomic E-state index is 9.02. The van der Waals surface area contributed by atoms with Crippen LogP contribution in [0.4, 0.5) is 0 Å². The highest BCUT2D eigenvalue weighted by molar-refractivity contribution is 4.67. The normalized spacial score (nSPS) is 12.5. The summed E-state index contributed by atoms with van der Waals surface area (Å²) in [6.07, 6.45) is 2.24. The molecule has 0 heterocycles. The minimum absolute atomic E-state index is 0.0967. The van der Waals surface area contributed by atoms with E-state index in [1.807, 2.05) is 0 Å². The summed E-state index contributed by atoms with van der Waals surface area (Å²) in [5.41, 5.74) is 0.0967. The fourth-order valence-electron chi connectivity index (χ4n) is 1.16. The lowest BCUT2D eigenvalue weighted by Gasteiger charge is -2.21. The molecule has 0 aromatic heterocycles. The molecule has 0 atom stereocenters. The van der Waals surface area contributed by atoms with E-state index in [-0.39, 0.29) is 12.0 Å². The molecule has 0 saturated carbocycles. The van der Waals surface area contributed by atoms with Crippen molar-refractivity contribution in [1.29, 1.82) is 0 Å². The largest absolute Gasteiger partial charge is 0.396 e. The molecular formula is C11H25NO. The average Bonchev–Trinajstić information content (AvgIpc) is 2.03. The molecule has 0 aliphatic carbocycles. The Morgan fingerprint density at radius 3 is 2.38 bits per heavy atom. The quantitative estimate of drug-likeness (QED) is 0.598. The molecular weight excluding hydrogens is 162 g/mol. The van der Waals surface area contributed by atoms with Crippen LogP contribution in [0.3, 0.4) is 0 Å². The van der Waals surface area contributed by atoms with Crippen molar-refractivity contribution in [3.8, 4) is 0 Å². The van der Waals surface area contributed by atoms with Crippen LogP contribution >= 0.6 is 0 Å². The third-order valence-corrected chi connectivity index (χ3v) is 2.19. The van der Waals surface area contributed by atoms with E-state index in [9.17, 15) is 0 Å². The molecule has 0 bridgehead atoms. The van der Waals surface area contributed by atoms with Crippen LogP contribution < -0.4 is 5.32 Å². The molecule has 0 saturated heterocycles. The van der Waals surface area contributed by atoms with Gasteiger partial charge in [0, 0.05) is 6.61 Å². The highest BCUT2D eigenvalue weighted by atomic mass is 16.3. The lowest BCUT2D eigenvalue weighted by atomic mass is 9.89. The van der Waals surface area contributed by atoms with Crippen molar-refractivity contribution in [2.24, 2.45) is 11.3 Å². The predicted octanol–water partition coefficient (Wildman–Crippen LogP) is 2.03. The summed E-state index contributed by atoms with van der Waals surface area (Å²) in [7, 11) is 0. The summed E-state index contributed by atoms with van der Waals surface area (Å²) in [5, 5.41) is 12.4. The van der Waals surface area contributed by atoms with E-state index in [0.29, 0.717) is 0 Å². The third-order valence-electron chi connectivity index (χ3n) is 2.19. The molecule has 0 aromatic carbocycles. The predicted molar refractivity (Wildman–Crippen MR) is 57.8 cm³/mol. The average molecular weight is 187 g/mol. The van der Waals surface area contributed by atoms with Gasteiger partial charge in [0.1, 0.15) is 0 Å². The molecule has 0 fully saturated rings. The lowest BCUT2D eigenvalue weighted by molar-refractivity contribution is 0.148. The fraction of sp³-hybridized carbons (Fsp3) is 1.00. The molecule has 0 spiro atoms. The van der Waals surface area contributed by atoms with Crippen LogP contribution in [-0.4, -0.2) is 24.8 Å². The number of hydrogen-bond donors (Lipinski definition) is 2. The first-order chi connectivity index (χ1) is 5.98. The summed E-state index contributed by atoms with van der Waals surface area (Å²) < 4.78 is 0. The molecule has 0 unspecified atom stereocenters. The minimum atomic E-state index is 0.0967. The van der Waals surface area contributed by atoms with E-state index >= 15 is 0 Å². The van der Waals surface area contributed by atoms with Crippen LogP contribution in [0.25, 0.3) is 0 Å². The van der Waals surface area contributed by atoms with Crippen molar-refractivity contribution in [3.05, 3.63) is 0 Å². The summed E-state index contributed by atoms with van der Waals surface area (Å²) in [6.45, 7) is 11.1. The third kappa shape index (κ3) is 8.26. The Bertz CT molecular complexity index is 121. The monoisotopic (exact) mass is 187 g/mol. The number of rotatable bonds is 7. The van der Waals surface area contributed by atoms with Crippen LogP contribution in [0.5, 0.6) is 0 Å². The molecule has 0 rings (SSSR count). The van der Waals surface area contributed by atoms with Crippen molar-refractivity contribution in [2.75, 3.05) is 19.7 Å². The van der Waals surface area contributed by atoms with E-state index in [1.54, 1.807) is 0 Å². The Kier molecular flexibility index (Phi) is 6.35. The van der Waals surface area contributed by atoms with Gasteiger partial charge in [-0.2, -0.15) is 0 Å². The Morgan fingerprint density at radius 1 is 1.31 bits per heavy atom. The zero-order valence-corrected chi connectivity index (χ0v) is 9.56. The zero-order chi connectivity index (χ0) is 10.3. The van der Waals surface area contributed by atoms with Crippen LogP contribution in [0, 0.1) is 11.3 Å². The number of nitrogens with one attached hydrogen (secondary N) is 1. The second-order valence-electron chi connectivity index (χ2n) is 5.02. The number of aliphatic hydroxyl groups is 1. The molecule has 2 nitrogen and oxygen atoms in total. The van der Waals surface area contributed by atoms with Crippen molar-refractivity contribution in [2.45, 2.75) is 40.5 Å². The van der Waals surface area contributed by atoms with Crippen molar-refractivity contribution in [3.63, 3.8) is 0 Å². The van der Waals surface area contributed by atoms with E-state index < -0.39 is 0 Å². The summed E-state index contributed by atoms with van der Waals surface area (Å²) in [4.78, 5) is 0. The van der Waals surface area contributed by atoms with E-state index in [1.165, 1.54) is 0 Å². The Labute approximate surface area is 82.7 Å². The Morgan fingerprint density at radius 2 is 1.92 bits per heavy atom.